The summed E-state index contributed by atoms with van der Waals surface area (Å²) in [6.45, 7) is 4.41. The lowest BCUT2D eigenvalue weighted by atomic mass is 9.99. The number of carboxylic acids is 1. The maximum Gasteiger partial charge on any atom is 0.329 e. The van der Waals surface area contributed by atoms with Gasteiger partial charge in [-0.25, -0.2) is 9.59 Å². The monoisotopic (exact) mass is 286 g/mol. The third kappa shape index (κ3) is 2.47. The molecule has 0 radical (unpaired) electrons. The molecule has 7 nitrogen and oxygen atoms in total. The molecule has 2 N–H and O–H groups in total. The van der Waals surface area contributed by atoms with E-state index >= 15 is 0 Å². The zero-order valence-electron chi connectivity index (χ0n) is 11.9. The molecule has 3 unspecified atom stereocenters. The van der Waals surface area contributed by atoms with E-state index in [1.807, 2.05) is 6.92 Å². The zero-order valence-corrected chi connectivity index (χ0v) is 11.9. The Morgan fingerprint density at radius 3 is 2.75 bits per heavy atom. The van der Waals surface area contributed by atoms with Crippen molar-refractivity contribution in [3.05, 3.63) is 0 Å². The van der Waals surface area contributed by atoms with Crippen LogP contribution in [0.4, 0.5) is 4.79 Å². The molecule has 20 heavy (non-hydrogen) atoms. The molecule has 0 aromatic rings. The van der Waals surface area contributed by atoms with Crippen LogP contribution in [0.3, 0.4) is 0 Å². The average molecular weight is 286 g/mol. The van der Waals surface area contributed by atoms with Crippen molar-refractivity contribution in [2.45, 2.75) is 44.4 Å². The van der Waals surface area contributed by atoms with Crippen LogP contribution in [0.25, 0.3) is 0 Å². The number of aliphatic hydroxyl groups excluding tert-OH is 1. The Balaban J connectivity index is 2.15. The molecule has 2 heterocycles. The molecule has 0 aliphatic carbocycles. The number of urea groups is 1. The van der Waals surface area contributed by atoms with Gasteiger partial charge in [0, 0.05) is 6.54 Å². The molecular formula is C13H22N2O5. The average Bonchev–Trinajstić information content (AvgIpc) is 2.82. The Kier molecular flexibility index (Phi) is 4.19. The second-order valence-corrected chi connectivity index (χ2v) is 5.76. The Labute approximate surface area is 118 Å². The van der Waals surface area contributed by atoms with Gasteiger partial charge in [0.1, 0.15) is 5.54 Å². The first-order chi connectivity index (χ1) is 9.40. The lowest BCUT2D eigenvalue weighted by molar-refractivity contribution is -0.147. The normalized spacial score (nSPS) is 34.4. The molecule has 2 fully saturated rings. The quantitative estimate of drug-likeness (QED) is 0.753. The lowest BCUT2D eigenvalue weighted by Crippen LogP contribution is -2.60. The maximum absolute atomic E-state index is 12.6. The minimum atomic E-state index is -1.14. The second-order valence-electron chi connectivity index (χ2n) is 5.76. The largest absolute Gasteiger partial charge is 0.480 e. The van der Waals surface area contributed by atoms with E-state index < -0.39 is 17.6 Å². The Hall–Kier alpha value is -1.34. The highest BCUT2D eigenvalue weighted by molar-refractivity contribution is 5.86. The van der Waals surface area contributed by atoms with Crippen molar-refractivity contribution < 1.29 is 24.5 Å². The number of hydrogen-bond donors (Lipinski definition) is 2. The van der Waals surface area contributed by atoms with Gasteiger partial charge >= 0.3 is 12.0 Å². The van der Waals surface area contributed by atoms with E-state index in [4.69, 9.17) is 9.84 Å². The van der Waals surface area contributed by atoms with Crippen LogP contribution < -0.4 is 0 Å². The van der Waals surface area contributed by atoms with E-state index in [9.17, 15) is 14.7 Å². The molecule has 3 atom stereocenters. The van der Waals surface area contributed by atoms with Gasteiger partial charge in [-0.3, -0.25) is 0 Å². The predicted octanol–water partition coefficient (Wildman–Crippen LogP) is 0.127. The molecule has 2 amide bonds. The number of carboxylic acid groups (broad SMARTS) is 1. The predicted molar refractivity (Wildman–Crippen MR) is 70.4 cm³/mol. The number of rotatable bonds is 2. The molecule has 0 saturated carbocycles. The van der Waals surface area contributed by atoms with Gasteiger partial charge in [-0.2, -0.15) is 0 Å². The van der Waals surface area contributed by atoms with E-state index in [0.717, 1.165) is 0 Å². The zero-order chi connectivity index (χ0) is 14.9. The van der Waals surface area contributed by atoms with E-state index in [1.165, 1.54) is 4.90 Å². The molecule has 0 aromatic heterocycles. The summed E-state index contributed by atoms with van der Waals surface area (Å²) in [5, 5.41) is 18.5. The molecule has 2 rings (SSSR count). The van der Waals surface area contributed by atoms with Gasteiger partial charge in [0.15, 0.2) is 0 Å². The number of aliphatic hydroxyl groups is 1. The minimum Gasteiger partial charge on any atom is -0.480 e. The van der Waals surface area contributed by atoms with Crippen LogP contribution in [-0.2, 0) is 9.53 Å². The van der Waals surface area contributed by atoms with Crippen LogP contribution in [0, 0.1) is 0 Å². The molecule has 2 aliphatic heterocycles. The number of carbonyl (C=O) groups excluding carboxylic acids is 1. The van der Waals surface area contributed by atoms with Crippen molar-refractivity contribution in [2.75, 3.05) is 26.3 Å². The summed E-state index contributed by atoms with van der Waals surface area (Å²) in [5.41, 5.74) is -1.14. The van der Waals surface area contributed by atoms with Crippen molar-refractivity contribution in [1.82, 2.24) is 9.80 Å². The number of amides is 2. The number of morpholine rings is 1. The minimum absolute atomic E-state index is 0.121. The van der Waals surface area contributed by atoms with E-state index in [1.54, 1.807) is 11.8 Å². The van der Waals surface area contributed by atoms with Crippen LogP contribution in [-0.4, -0.2) is 76.0 Å². The van der Waals surface area contributed by atoms with Crippen LogP contribution in [0.2, 0.25) is 0 Å². The van der Waals surface area contributed by atoms with Crippen molar-refractivity contribution >= 4 is 12.0 Å². The van der Waals surface area contributed by atoms with Crippen molar-refractivity contribution in [3.63, 3.8) is 0 Å². The van der Waals surface area contributed by atoms with Crippen LogP contribution in [0.1, 0.15) is 26.7 Å². The van der Waals surface area contributed by atoms with Crippen molar-refractivity contribution in [2.24, 2.45) is 0 Å². The number of likely N-dealkylation sites (tertiary alicyclic amines) is 1. The fourth-order valence-corrected chi connectivity index (χ4v) is 2.84. The fraction of sp³-hybridized carbons (Fsp3) is 0.846. The van der Waals surface area contributed by atoms with Gasteiger partial charge in [-0.1, -0.05) is 0 Å². The first-order valence-corrected chi connectivity index (χ1v) is 6.94. The molecule has 0 aromatic carbocycles. The second kappa shape index (κ2) is 5.57. The molecule has 7 heteroatoms. The highest BCUT2D eigenvalue weighted by Gasteiger charge is 2.48. The molecular weight excluding hydrogens is 264 g/mol. The summed E-state index contributed by atoms with van der Waals surface area (Å²) in [6, 6.07) is -0.398. The third-order valence-corrected chi connectivity index (χ3v) is 4.29. The molecule has 0 bridgehead atoms. The van der Waals surface area contributed by atoms with Gasteiger partial charge in [-0.05, 0) is 26.7 Å². The number of hydrogen-bond acceptors (Lipinski definition) is 4. The summed E-state index contributed by atoms with van der Waals surface area (Å²) in [5.74, 6) is -0.969. The van der Waals surface area contributed by atoms with Crippen LogP contribution >= 0.6 is 0 Å². The number of aliphatic carboxylic acids is 1. The van der Waals surface area contributed by atoms with Crippen molar-refractivity contribution in [1.29, 1.82) is 0 Å². The Morgan fingerprint density at radius 2 is 2.15 bits per heavy atom. The molecule has 0 spiro atoms. The van der Waals surface area contributed by atoms with Crippen LogP contribution in [0.15, 0.2) is 0 Å². The highest BCUT2D eigenvalue weighted by atomic mass is 16.5. The standard InChI is InChI=1S/C13H22N2O5/c1-9-8-20-10(7-16)6-14(9)12(19)15-5-3-4-13(15,2)11(17)18/h9-10,16H,3-8H2,1-2H3,(H,17,18). The van der Waals surface area contributed by atoms with E-state index in [0.29, 0.717) is 32.5 Å². The Morgan fingerprint density at radius 1 is 1.45 bits per heavy atom. The lowest BCUT2D eigenvalue weighted by Gasteiger charge is -2.42. The summed E-state index contributed by atoms with van der Waals surface area (Å²) >= 11 is 0. The van der Waals surface area contributed by atoms with E-state index in [-0.39, 0.29) is 18.7 Å². The fourth-order valence-electron chi connectivity index (χ4n) is 2.84. The topological polar surface area (TPSA) is 90.3 Å². The van der Waals surface area contributed by atoms with Gasteiger partial charge in [0.2, 0.25) is 0 Å². The summed E-state index contributed by atoms with van der Waals surface area (Å²) in [6.07, 6.45) is 0.765. The summed E-state index contributed by atoms with van der Waals surface area (Å²) in [7, 11) is 0. The number of carbonyl (C=O) groups is 2. The highest BCUT2D eigenvalue weighted by Crippen LogP contribution is 2.31. The van der Waals surface area contributed by atoms with Gasteiger partial charge in [-0.15, -0.1) is 0 Å². The Bertz CT molecular complexity index is 402. The molecule has 2 saturated heterocycles. The van der Waals surface area contributed by atoms with Gasteiger partial charge < -0.3 is 24.7 Å². The number of ether oxygens (including phenoxy) is 1. The SMILES string of the molecule is CC1COC(CO)CN1C(=O)N1CCCC1(C)C(=O)O. The summed E-state index contributed by atoms with van der Waals surface area (Å²) in [4.78, 5) is 27.1. The molecule has 114 valence electrons. The van der Waals surface area contributed by atoms with Gasteiger partial charge in [0.05, 0.1) is 31.9 Å². The van der Waals surface area contributed by atoms with Gasteiger partial charge in [0.25, 0.3) is 0 Å². The van der Waals surface area contributed by atoms with Crippen molar-refractivity contribution in [3.8, 4) is 0 Å². The molecule has 2 aliphatic rings. The first kappa shape index (κ1) is 15.1. The van der Waals surface area contributed by atoms with Crippen LogP contribution in [0.5, 0.6) is 0 Å². The summed E-state index contributed by atoms with van der Waals surface area (Å²) < 4.78 is 5.40. The van der Waals surface area contributed by atoms with E-state index in [2.05, 4.69) is 0 Å². The first-order valence-electron chi connectivity index (χ1n) is 6.94. The number of nitrogens with zero attached hydrogens (tertiary/aromatic N) is 2. The smallest absolute Gasteiger partial charge is 0.329 e. The third-order valence-electron chi connectivity index (χ3n) is 4.29. The maximum atomic E-state index is 12.6.